The van der Waals surface area contributed by atoms with E-state index in [1.54, 1.807) is 52.2 Å². The maximum absolute atomic E-state index is 14.7. The SMILES string of the molecule is O=C(c1cc(Cc2c[nH]c(=O)c3cc(Cl)cn23)ccc1F)N1CCN(c2ccc(Cl)cn2)CC1. The summed E-state index contributed by atoms with van der Waals surface area (Å²) in [4.78, 5) is 35.9. The Bertz CT molecular complexity index is 1430. The van der Waals surface area contributed by atoms with Gasteiger partial charge >= 0.3 is 0 Å². The summed E-state index contributed by atoms with van der Waals surface area (Å²) in [5.74, 6) is -0.119. The van der Waals surface area contributed by atoms with Crippen LogP contribution in [-0.2, 0) is 6.42 Å². The van der Waals surface area contributed by atoms with Crippen LogP contribution in [0.5, 0.6) is 0 Å². The van der Waals surface area contributed by atoms with Crippen LogP contribution in [0.1, 0.15) is 21.6 Å². The Balaban J connectivity index is 1.33. The van der Waals surface area contributed by atoms with Crippen molar-refractivity contribution in [1.82, 2.24) is 19.3 Å². The van der Waals surface area contributed by atoms with Crippen molar-refractivity contribution in [3.63, 3.8) is 0 Å². The maximum atomic E-state index is 14.7. The Kier molecular flexibility index (Phi) is 6.02. The fraction of sp³-hybridized carbons (Fsp3) is 0.208. The van der Waals surface area contributed by atoms with Gasteiger partial charge < -0.3 is 19.2 Å². The second kappa shape index (κ2) is 9.12. The molecule has 174 valence electrons. The number of piperazine rings is 1. The van der Waals surface area contributed by atoms with E-state index < -0.39 is 5.82 Å². The molecule has 1 aliphatic rings. The molecule has 5 rings (SSSR count). The molecule has 4 heterocycles. The average Bonchev–Trinajstić information content (AvgIpc) is 3.25. The van der Waals surface area contributed by atoms with E-state index in [1.807, 2.05) is 6.07 Å². The highest BCUT2D eigenvalue weighted by Crippen LogP contribution is 2.21. The first-order valence-corrected chi connectivity index (χ1v) is 11.5. The van der Waals surface area contributed by atoms with E-state index in [-0.39, 0.29) is 17.0 Å². The molecule has 7 nitrogen and oxygen atoms in total. The number of hydrogen-bond donors (Lipinski definition) is 1. The zero-order valence-corrected chi connectivity index (χ0v) is 19.5. The summed E-state index contributed by atoms with van der Waals surface area (Å²) in [6.07, 6.45) is 5.23. The number of carbonyl (C=O) groups excluding carboxylic acids is 1. The lowest BCUT2D eigenvalue weighted by Gasteiger charge is -2.35. The normalized spacial score (nSPS) is 14.1. The number of nitrogens with one attached hydrogen (secondary N) is 1. The van der Waals surface area contributed by atoms with Gasteiger partial charge in [0.05, 0.1) is 15.6 Å². The van der Waals surface area contributed by atoms with Gasteiger partial charge in [0, 0.05) is 56.9 Å². The van der Waals surface area contributed by atoms with Crippen LogP contribution >= 0.6 is 23.2 Å². The van der Waals surface area contributed by atoms with E-state index in [4.69, 9.17) is 23.2 Å². The van der Waals surface area contributed by atoms with Gasteiger partial charge in [0.1, 0.15) is 17.2 Å². The van der Waals surface area contributed by atoms with Crippen LogP contribution in [0.4, 0.5) is 10.2 Å². The number of hydrogen-bond acceptors (Lipinski definition) is 4. The summed E-state index contributed by atoms with van der Waals surface area (Å²) in [7, 11) is 0. The summed E-state index contributed by atoms with van der Waals surface area (Å²) >= 11 is 12.0. The lowest BCUT2D eigenvalue weighted by Crippen LogP contribution is -2.49. The smallest absolute Gasteiger partial charge is 0.272 e. The number of halogens is 3. The molecule has 10 heteroatoms. The molecule has 0 spiro atoms. The van der Waals surface area contributed by atoms with Crippen molar-refractivity contribution in [2.24, 2.45) is 0 Å². The van der Waals surface area contributed by atoms with E-state index in [2.05, 4.69) is 14.9 Å². The zero-order chi connectivity index (χ0) is 23.8. The molecule has 1 aliphatic heterocycles. The molecule has 1 aromatic carbocycles. The van der Waals surface area contributed by atoms with E-state index in [0.29, 0.717) is 48.2 Å². The van der Waals surface area contributed by atoms with Gasteiger partial charge in [0.25, 0.3) is 11.5 Å². The first kappa shape index (κ1) is 22.4. The van der Waals surface area contributed by atoms with Gasteiger partial charge in [0.2, 0.25) is 0 Å². The quantitative estimate of drug-likeness (QED) is 0.460. The van der Waals surface area contributed by atoms with E-state index in [1.165, 1.54) is 6.07 Å². The molecular weight excluding hydrogens is 480 g/mol. The third-order valence-corrected chi connectivity index (χ3v) is 6.38. The zero-order valence-electron chi connectivity index (χ0n) is 18.0. The third-order valence-electron chi connectivity index (χ3n) is 5.95. The highest BCUT2D eigenvalue weighted by atomic mass is 35.5. The molecule has 4 aromatic rings. The van der Waals surface area contributed by atoms with Crippen LogP contribution < -0.4 is 10.5 Å². The molecule has 1 amide bonds. The van der Waals surface area contributed by atoms with Gasteiger partial charge in [-0.2, -0.15) is 0 Å². The predicted octanol–water partition coefficient (Wildman–Crippen LogP) is 4.02. The number of rotatable bonds is 4. The minimum absolute atomic E-state index is 0.0294. The molecular formula is C24H20Cl2FN5O2. The van der Waals surface area contributed by atoms with Crippen molar-refractivity contribution in [3.05, 3.63) is 98.0 Å². The summed E-state index contributed by atoms with van der Waals surface area (Å²) in [5, 5.41) is 1.01. The number of anilines is 1. The Morgan fingerprint density at radius 2 is 1.85 bits per heavy atom. The average molecular weight is 500 g/mol. The number of aromatic amines is 1. The Hall–Kier alpha value is -3.36. The van der Waals surface area contributed by atoms with Crippen LogP contribution in [-0.4, -0.2) is 51.4 Å². The highest BCUT2D eigenvalue weighted by molar-refractivity contribution is 6.31. The number of fused-ring (bicyclic) bond motifs is 1. The van der Waals surface area contributed by atoms with Gasteiger partial charge in [-0.15, -0.1) is 0 Å². The summed E-state index contributed by atoms with van der Waals surface area (Å²) in [5.41, 5.74) is 1.71. The molecule has 1 N–H and O–H groups in total. The van der Waals surface area contributed by atoms with Crippen molar-refractivity contribution >= 4 is 40.4 Å². The molecule has 0 unspecified atom stereocenters. The lowest BCUT2D eigenvalue weighted by atomic mass is 10.0. The van der Waals surface area contributed by atoms with Crippen molar-refractivity contribution in [1.29, 1.82) is 0 Å². The third kappa shape index (κ3) is 4.38. The Morgan fingerprint density at radius 1 is 1.06 bits per heavy atom. The number of carbonyl (C=O) groups is 1. The standard InChI is InChI=1S/C24H20Cl2FN5O2/c25-16-2-4-22(28-12-16)30-5-7-31(8-6-30)24(34)19-10-15(1-3-20(19)27)9-18-13-29-23(33)21-11-17(26)14-32(18)21/h1-4,10-14H,5-9H2,(H,29,33). The van der Waals surface area contributed by atoms with Crippen LogP contribution in [0.15, 0.2) is 59.8 Å². The predicted molar refractivity (Wildman–Crippen MR) is 130 cm³/mol. The van der Waals surface area contributed by atoms with Crippen molar-refractivity contribution in [3.8, 4) is 0 Å². The second-order valence-electron chi connectivity index (χ2n) is 8.13. The molecule has 0 bridgehead atoms. The molecule has 34 heavy (non-hydrogen) atoms. The molecule has 0 radical (unpaired) electrons. The van der Waals surface area contributed by atoms with E-state index in [9.17, 15) is 14.0 Å². The summed E-state index contributed by atoms with van der Waals surface area (Å²) < 4.78 is 16.4. The van der Waals surface area contributed by atoms with Gasteiger partial charge in [-0.05, 0) is 35.9 Å². The fourth-order valence-electron chi connectivity index (χ4n) is 4.19. The molecule has 0 saturated carbocycles. The topological polar surface area (TPSA) is 73.7 Å². The van der Waals surface area contributed by atoms with Gasteiger partial charge in [0.15, 0.2) is 0 Å². The summed E-state index contributed by atoms with van der Waals surface area (Å²) in [6.45, 7) is 2.08. The maximum Gasteiger partial charge on any atom is 0.272 e. The number of aromatic nitrogens is 3. The van der Waals surface area contributed by atoms with Gasteiger partial charge in [-0.1, -0.05) is 29.3 Å². The van der Waals surface area contributed by atoms with Crippen molar-refractivity contribution < 1.29 is 9.18 Å². The minimum atomic E-state index is -0.564. The lowest BCUT2D eigenvalue weighted by molar-refractivity contribution is 0.0741. The minimum Gasteiger partial charge on any atom is -0.353 e. The molecule has 1 saturated heterocycles. The molecule has 3 aromatic heterocycles. The number of benzene rings is 1. The van der Waals surface area contributed by atoms with Crippen LogP contribution in [0, 0.1) is 5.82 Å². The van der Waals surface area contributed by atoms with E-state index in [0.717, 1.165) is 17.1 Å². The Labute approximate surface area is 204 Å². The molecule has 1 fully saturated rings. The first-order chi connectivity index (χ1) is 16.4. The fourth-order valence-corrected chi connectivity index (χ4v) is 4.50. The van der Waals surface area contributed by atoms with Gasteiger partial charge in [-0.25, -0.2) is 9.37 Å². The largest absolute Gasteiger partial charge is 0.353 e. The number of nitrogens with zero attached hydrogens (tertiary/aromatic N) is 4. The van der Waals surface area contributed by atoms with Crippen LogP contribution in [0.3, 0.4) is 0 Å². The van der Waals surface area contributed by atoms with Crippen LogP contribution in [0.25, 0.3) is 5.52 Å². The van der Waals surface area contributed by atoms with Crippen LogP contribution in [0.2, 0.25) is 10.0 Å². The summed E-state index contributed by atoms with van der Waals surface area (Å²) in [6, 6.07) is 9.73. The van der Waals surface area contributed by atoms with E-state index >= 15 is 0 Å². The number of pyridine rings is 1. The monoisotopic (exact) mass is 499 g/mol. The van der Waals surface area contributed by atoms with Crippen molar-refractivity contribution in [2.45, 2.75) is 6.42 Å². The molecule has 0 atom stereocenters. The molecule has 0 aliphatic carbocycles. The first-order valence-electron chi connectivity index (χ1n) is 10.7. The second-order valence-corrected chi connectivity index (χ2v) is 9.00. The number of H-pyrrole nitrogens is 1. The highest BCUT2D eigenvalue weighted by Gasteiger charge is 2.25. The number of amides is 1. The van der Waals surface area contributed by atoms with Gasteiger partial charge in [-0.3, -0.25) is 9.59 Å². The van der Waals surface area contributed by atoms with Crippen molar-refractivity contribution in [2.75, 3.05) is 31.1 Å². The Morgan fingerprint density at radius 3 is 2.59 bits per heavy atom.